The van der Waals surface area contributed by atoms with Crippen molar-refractivity contribution in [3.8, 4) is 0 Å². The second kappa shape index (κ2) is 11.7. The number of likely N-dealkylation sites (tertiary alicyclic amines) is 1. The number of aliphatic imine (C=N–C) groups is 1. The highest BCUT2D eigenvalue weighted by Gasteiger charge is 2.54. The highest BCUT2D eigenvalue weighted by molar-refractivity contribution is 7.11. The molecular weight excluding hydrogens is 587 g/mol. The number of ether oxygens (including phenoxy) is 3. The Balaban J connectivity index is 1.46. The molecule has 1 spiro atoms. The van der Waals surface area contributed by atoms with Crippen LogP contribution in [0.3, 0.4) is 0 Å². The highest BCUT2D eigenvalue weighted by atomic mass is 35.5. The predicted molar refractivity (Wildman–Crippen MR) is 153 cm³/mol. The summed E-state index contributed by atoms with van der Waals surface area (Å²) in [6.45, 7) is 5.43. The van der Waals surface area contributed by atoms with Crippen LogP contribution in [0.25, 0.3) is 0 Å². The summed E-state index contributed by atoms with van der Waals surface area (Å²) in [5.41, 5.74) is 0.325. The number of rotatable bonds is 8. The van der Waals surface area contributed by atoms with Crippen molar-refractivity contribution in [2.24, 2.45) is 15.8 Å². The van der Waals surface area contributed by atoms with Crippen molar-refractivity contribution >= 4 is 46.7 Å². The molecule has 1 saturated heterocycles. The van der Waals surface area contributed by atoms with E-state index in [9.17, 15) is 18.8 Å². The van der Waals surface area contributed by atoms with Gasteiger partial charge in [0.1, 0.15) is 17.9 Å². The van der Waals surface area contributed by atoms with E-state index in [-0.39, 0.29) is 22.6 Å². The maximum atomic E-state index is 13.9. The Morgan fingerprint density at radius 3 is 2.62 bits per heavy atom. The molecule has 1 N–H and O–H groups in total. The van der Waals surface area contributed by atoms with Crippen LogP contribution in [0, 0.1) is 16.6 Å². The van der Waals surface area contributed by atoms with Crippen molar-refractivity contribution in [3.63, 3.8) is 0 Å². The summed E-state index contributed by atoms with van der Waals surface area (Å²) in [6.07, 6.45) is 4.17. The van der Waals surface area contributed by atoms with E-state index in [1.165, 1.54) is 36.6 Å². The molecule has 1 saturated carbocycles. The topological polar surface area (TPSA) is 119 Å². The number of nitrogens with zero attached hydrogens (tertiary/aromatic N) is 3. The lowest BCUT2D eigenvalue weighted by molar-refractivity contribution is -0.175. The molecule has 1 aliphatic carbocycles. The number of aromatic nitrogens is 1. The molecule has 2 aromatic rings. The summed E-state index contributed by atoms with van der Waals surface area (Å²) < 4.78 is 29.6. The largest absolute Gasteiger partial charge is 0.466 e. The zero-order chi connectivity index (χ0) is 30.2. The molecule has 1 aromatic heterocycles. The molecule has 2 fully saturated rings. The fraction of sp³-hybridized carbons (Fsp3) is 0.483. The molecule has 0 amide bonds. The van der Waals surface area contributed by atoms with Gasteiger partial charge in [-0.1, -0.05) is 17.7 Å². The van der Waals surface area contributed by atoms with E-state index in [1.807, 2.05) is 4.90 Å². The molecule has 3 heterocycles. The zero-order valence-electron chi connectivity index (χ0n) is 23.7. The highest BCUT2D eigenvalue weighted by Crippen LogP contribution is 2.55. The number of amidine groups is 1. The first-order chi connectivity index (χ1) is 19.9. The average molecular weight is 619 g/mol. The molecule has 2 aliphatic heterocycles. The number of methoxy groups -OCH3 is 1. The number of thiazole rings is 1. The standard InChI is InChI=1S/C29H32ClFN4O6S/c1-28(2,3)27(38)41-15-40-25(36)20-12-29(7-8-29)14-35(20)13-19-21(26(37)39-4)22(17-6-5-16(31)11-18(17)30)34-23(33-19)24-32-9-10-42-24/h5-6,9-11,20,22H,7-8,12-15H2,1-4H3,(H,33,34)/t20-,22?/m0/s1. The van der Waals surface area contributed by atoms with E-state index < -0.39 is 48.0 Å². The van der Waals surface area contributed by atoms with Crippen LogP contribution in [0.5, 0.6) is 0 Å². The summed E-state index contributed by atoms with van der Waals surface area (Å²) in [5, 5.41) is 5.74. The molecule has 2 atom stereocenters. The second-order valence-corrected chi connectivity index (χ2v) is 13.1. The van der Waals surface area contributed by atoms with Gasteiger partial charge < -0.3 is 19.5 Å². The number of hydrogen-bond donors (Lipinski definition) is 1. The molecular formula is C29H32ClFN4O6S. The Morgan fingerprint density at radius 2 is 2.00 bits per heavy atom. The van der Waals surface area contributed by atoms with Crippen molar-refractivity contribution < 1.29 is 33.0 Å². The molecule has 0 radical (unpaired) electrons. The molecule has 224 valence electrons. The SMILES string of the molecule is COC(=O)C1=C(CN2CC3(CC3)C[C@H]2C(=O)OCOC(=O)C(C)(C)C)NC(c2nccs2)=NC1c1ccc(F)cc1Cl. The van der Waals surface area contributed by atoms with Crippen LogP contribution in [0.2, 0.25) is 5.02 Å². The van der Waals surface area contributed by atoms with Crippen LogP contribution in [0.4, 0.5) is 4.39 Å². The molecule has 10 nitrogen and oxygen atoms in total. The van der Waals surface area contributed by atoms with Gasteiger partial charge in [-0.05, 0) is 57.6 Å². The van der Waals surface area contributed by atoms with Gasteiger partial charge in [-0.15, -0.1) is 11.3 Å². The molecule has 0 bridgehead atoms. The Bertz CT molecular complexity index is 1450. The number of halogens is 2. The first kappa shape index (κ1) is 30.1. The molecule has 1 unspecified atom stereocenters. The molecule has 1 aromatic carbocycles. The normalized spacial score (nSPS) is 21.5. The lowest BCUT2D eigenvalue weighted by atomic mass is 9.95. The van der Waals surface area contributed by atoms with Gasteiger partial charge in [0.2, 0.25) is 6.79 Å². The maximum Gasteiger partial charge on any atom is 0.338 e. The fourth-order valence-electron chi connectivity index (χ4n) is 5.21. The molecule has 5 rings (SSSR count). The van der Waals surface area contributed by atoms with Crippen molar-refractivity contribution in [1.82, 2.24) is 15.2 Å². The van der Waals surface area contributed by atoms with Gasteiger partial charge in [-0.2, -0.15) is 0 Å². The van der Waals surface area contributed by atoms with Crippen molar-refractivity contribution in [3.05, 3.63) is 62.5 Å². The van der Waals surface area contributed by atoms with E-state index in [1.54, 1.807) is 32.3 Å². The van der Waals surface area contributed by atoms with Crippen LogP contribution in [0.15, 0.2) is 46.0 Å². The van der Waals surface area contributed by atoms with Crippen LogP contribution < -0.4 is 5.32 Å². The smallest absolute Gasteiger partial charge is 0.338 e. The Morgan fingerprint density at radius 1 is 1.24 bits per heavy atom. The summed E-state index contributed by atoms with van der Waals surface area (Å²) in [5.74, 6) is -1.74. The quantitative estimate of drug-likeness (QED) is 0.339. The summed E-state index contributed by atoms with van der Waals surface area (Å²) >= 11 is 7.81. The van der Waals surface area contributed by atoms with Crippen molar-refractivity contribution in [1.29, 1.82) is 0 Å². The van der Waals surface area contributed by atoms with Gasteiger partial charge in [-0.3, -0.25) is 19.5 Å². The predicted octanol–water partition coefficient (Wildman–Crippen LogP) is 4.40. The van der Waals surface area contributed by atoms with Crippen LogP contribution in [0.1, 0.15) is 56.6 Å². The minimum Gasteiger partial charge on any atom is -0.466 e. The number of carbonyl (C=O) groups is 3. The zero-order valence-corrected chi connectivity index (χ0v) is 25.3. The Kier molecular flexibility index (Phi) is 8.41. The van der Waals surface area contributed by atoms with Gasteiger partial charge in [0, 0.05) is 40.9 Å². The van der Waals surface area contributed by atoms with Gasteiger partial charge in [0.25, 0.3) is 0 Å². The number of benzene rings is 1. The molecule has 13 heteroatoms. The number of carbonyl (C=O) groups excluding carboxylic acids is 3. The lowest BCUT2D eigenvalue weighted by Gasteiger charge is -2.31. The Labute approximate surface area is 251 Å². The van der Waals surface area contributed by atoms with Gasteiger partial charge in [0.15, 0.2) is 10.8 Å². The summed E-state index contributed by atoms with van der Waals surface area (Å²) in [6, 6.07) is 2.38. The second-order valence-electron chi connectivity index (χ2n) is 11.8. The molecule has 3 aliphatic rings. The van der Waals surface area contributed by atoms with E-state index in [0.717, 1.165) is 12.8 Å². The minimum absolute atomic E-state index is 0.0156. The van der Waals surface area contributed by atoms with Crippen molar-refractivity contribution in [2.75, 3.05) is 27.0 Å². The van der Waals surface area contributed by atoms with E-state index in [2.05, 4.69) is 10.3 Å². The maximum absolute atomic E-state index is 13.9. The Hall–Kier alpha value is -3.35. The third-order valence-electron chi connectivity index (χ3n) is 7.62. The molecule has 42 heavy (non-hydrogen) atoms. The minimum atomic E-state index is -0.916. The van der Waals surface area contributed by atoms with E-state index >= 15 is 0 Å². The number of esters is 3. The third kappa shape index (κ3) is 6.35. The van der Waals surface area contributed by atoms with Crippen LogP contribution in [-0.2, 0) is 28.6 Å². The summed E-state index contributed by atoms with van der Waals surface area (Å²) in [4.78, 5) is 49.7. The first-order valence-electron chi connectivity index (χ1n) is 13.5. The number of hydrogen-bond acceptors (Lipinski definition) is 11. The van der Waals surface area contributed by atoms with E-state index in [0.29, 0.717) is 35.1 Å². The number of nitrogens with one attached hydrogen (secondary N) is 1. The average Bonchev–Trinajstić information content (AvgIpc) is 3.31. The van der Waals surface area contributed by atoms with Crippen LogP contribution in [-0.4, -0.2) is 66.7 Å². The summed E-state index contributed by atoms with van der Waals surface area (Å²) in [7, 11) is 1.27. The van der Waals surface area contributed by atoms with Crippen LogP contribution >= 0.6 is 22.9 Å². The van der Waals surface area contributed by atoms with E-state index in [4.69, 9.17) is 30.8 Å². The fourth-order valence-corrected chi connectivity index (χ4v) is 6.07. The first-order valence-corrected chi connectivity index (χ1v) is 14.8. The van der Waals surface area contributed by atoms with Gasteiger partial charge in [-0.25, -0.2) is 14.2 Å². The van der Waals surface area contributed by atoms with Gasteiger partial charge in [0.05, 0.1) is 18.1 Å². The third-order valence-corrected chi connectivity index (χ3v) is 8.73. The van der Waals surface area contributed by atoms with Gasteiger partial charge >= 0.3 is 17.9 Å². The lowest BCUT2D eigenvalue weighted by Crippen LogP contribution is -2.44. The monoisotopic (exact) mass is 618 g/mol. The van der Waals surface area contributed by atoms with Crippen molar-refractivity contribution in [2.45, 2.75) is 52.1 Å².